The number of nitrogens with one attached hydrogen (secondary N) is 1. The van der Waals surface area contributed by atoms with Crippen LogP contribution in [0.2, 0.25) is 0 Å². The Balaban J connectivity index is 2.55. The third-order valence-corrected chi connectivity index (χ3v) is 2.94. The number of aliphatic hydroxyl groups is 1. The number of rotatable bonds is 6. The molecule has 1 unspecified atom stereocenters. The molecule has 0 fully saturated rings. The summed E-state index contributed by atoms with van der Waals surface area (Å²) in [7, 11) is 3.13. The van der Waals surface area contributed by atoms with Gasteiger partial charge < -0.3 is 20.1 Å². The molecule has 0 saturated heterocycles. The smallest absolute Gasteiger partial charge is 0.317 e. The lowest BCUT2D eigenvalue weighted by molar-refractivity contribution is 0.0518. The van der Waals surface area contributed by atoms with Gasteiger partial charge in [-0.3, -0.25) is 0 Å². The van der Waals surface area contributed by atoms with Crippen LogP contribution in [-0.2, 0) is 4.74 Å². The van der Waals surface area contributed by atoms with Crippen molar-refractivity contribution in [1.82, 2.24) is 10.2 Å². The number of urea groups is 1. The molecule has 0 aliphatic carbocycles. The summed E-state index contributed by atoms with van der Waals surface area (Å²) < 4.78 is 18.2. The SMILES string of the molecule is COC(CNC(=O)N(C)CC(C)(C)O)c1ccc(F)cc1. The Hall–Kier alpha value is -1.66. The number of nitrogens with zero attached hydrogens (tertiary/aromatic N) is 1. The van der Waals surface area contributed by atoms with Crippen molar-refractivity contribution in [2.75, 3.05) is 27.2 Å². The molecule has 0 aromatic heterocycles. The molecule has 0 aliphatic rings. The van der Waals surface area contributed by atoms with Crippen molar-refractivity contribution in [1.29, 1.82) is 0 Å². The molecule has 0 heterocycles. The lowest BCUT2D eigenvalue weighted by Gasteiger charge is -2.26. The number of amides is 2. The number of benzene rings is 1. The van der Waals surface area contributed by atoms with Crippen LogP contribution < -0.4 is 5.32 Å². The standard InChI is InChI=1S/C15H23FN2O3/c1-15(2,20)10-18(3)14(19)17-9-13(21-4)11-5-7-12(16)8-6-11/h5-8,13,20H,9-10H2,1-4H3,(H,17,19). The molecule has 0 bridgehead atoms. The highest BCUT2D eigenvalue weighted by atomic mass is 19.1. The number of carbonyl (C=O) groups is 1. The van der Waals surface area contributed by atoms with Crippen molar-refractivity contribution in [3.8, 4) is 0 Å². The van der Waals surface area contributed by atoms with E-state index in [9.17, 15) is 14.3 Å². The van der Waals surface area contributed by atoms with Gasteiger partial charge in [0.05, 0.1) is 18.2 Å². The molecule has 1 aromatic rings. The molecule has 2 amide bonds. The zero-order chi connectivity index (χ0) is 16.0. The Morgan fingerprint density at radius 2 is 2.00 bits per heavy atom. The van der Waals surface area contributed by atoms with Crippen LogP contribution in [0.1, 0.15) is 25.5 Å². The summed E-state index contributed by atoms with van der Waals surface area (Å²) in [5.41, 5.74) is -0.173. The van der Waals surface area contributed by atoms with Gasteiger partial charge in [0.2, 0.25) is 0 Å². The van der Waals surface area contributed by atoms with Crippen molar-refractivity contribution in [2.45, 2.75) is 25.6 Å². The highest BCUT2D eigenvalue weighted by molar-refractivity contribution is 5.73. The number of methoxy groups -OCH3 is 1. The highest BCUT2D eigenvalue weighted by Crippen LogP contribution is 2.16. The number of halogens is 1. The van der Waals surface area contributed by atoms with Gasteiger partial charge in [-0.05, 0) is 31.5 Å². The van der Waals surface area contributed by atoms with E-state index >= 15 is 0 Å². The van der Waals surface area contributed by atoms with E-state index in [4.69, 9.17) is 4.74 Å². The molecule has 1 rings (SSSR count). The molecule has 21 heavy (non-hydrogen) atoms. The van der Waals surface area contributed by atoms with Crippen LogP contribution in [0.5, 0.6) is 0 Å². The quantitative estimate of drug-likeness (QED) is 0.843. The summed E-state index contributed by atoms with van der Waals surface area (Å²) in [5.74, 6) is -0.317. The van der Waals surface area contributed by atoms with Gasteiger partial charge >= 0.3 is 6.03 Å². The predicted molar refractivity (Wildman–Crippen MR) is 78.5 cm³/mol. The largest absolute Gasteiger partial charge is 0.389 e. The van der Waals surface area contributed by atoms with E-state index in [0.29, 0.717) is 0 Å². The van der Waals surface area contributed by atoms with Crippen LogP contribution >= 0.6 is 0 Å². The van der Waals surface area contributed by atoms with Crippen molar-refractivity contribution >= 4 is 6.03 Å². The second kappa shape index (κ2) is 7.38. The minimum Gasteiger partial charge on any atom is -0.389 e. The summed E-state index contributed by atoms with van der Waals surface area (Å²) in [5, 5.41) is 12.4. The fourth-order valence-corrected chi connectivity index (χ4v) is 1.98. The average Bonchev–Trinajstić information content (AvgIpc) is 2.39. The van der Waals surface area contributed by atoms with Gasteiger partial charge in [-0.15, -0.1) is 0 Å². The first-order chi connectivity index (χ1) is 9.73. The monoisotopic (exact) mass is 298 g/mol. The van der Waals surface area contributed by atoms with Crippen LogP contribution in [0.3, 0.4) is 0 Å². The number of carbonyl (C=O) groups excluding carboxylic acids is 1. The summed E-state index contributed by atoms with van der Waals surface area (Å²) in [6, 6.07) is 5.64. The van der Waals surface area contributed by atoms with Gasteiger partial charge in [0, 0.05) is 20.7 Å². The van der Waals surface area contributed by atoms with Crippen LogP contribution in [0.4, 0.5) is 9.18 Å². The molecule has 6 heteroatoms. The molecular formula is C15H23FN2O3. The topological polar surface area (TPSA) is 61.8 Å². The third kappa shape index (κ3) is 6.10. The van der Waals surface area contributed by atoms with E-state index in [0.717, 1.165) is 5.56 Å². The van der Waals surface area contributed by atoms with E-state index in [1.54, 1.807) is 33.0 Å². The lowest BCUT2D eigenvalue weighted by Crippen LogP contribution is -2.45. The van der Waals surface area contributed by atoms with Crippen LogP contribution in [0, 0.1) is 5.82 Å². The van der Waals surface area contributed by atoms with E-state index in [-0.39, 0.29) is 31.0 Å². The molecular weight excluding hydrogens is 275 g/mol. The summed E-state index contributed by atoms with van der Waals surface area (Å²) >= 11 is 0. The van der Waals surface area contributed by atoms with Gasteiger partial charge in [-0.25, -0.2) is 9.18 Å². The first-order valence-electron chi connectivity index (χ1n) is 6.72. The van der Waals surface area contributed by atoms with E-state index in [1.807, 2.05) is 0 Å². The number of ether oxygens (including phenoxy) is 1. The minimum absolute atomic E-state index is 0.215. The van der Waals surface area contributed by atoms with Crippen LogP contribution in [0.25, 0.3) is 0 Å². The van der Waals surface area contributed by atoms with E-state index in [1.165, 1.54) is 24.1 Å². The molecule has 0 spiro atoms. The molecule has 1 atom stereocenters. The van der Waals surface area contributed by atoms with Crippen molar-refractivity contribution < 1.29 is 19.0 Å². The zero-order valence-corrected chi connectivity index (χ0v) is 12.9. The van der Waals surface area contributed by atoms with Gasteiger partial charge in [0.1, 0.15) is 5.82 Å². The Bertz CT molecular complexity index is 457. The lowest BCUT2D eigenvalue weighted by atomic mass is 10.1. The Kier molecular flexibility index (Phi) is 6.11. The summed E-state index contributed by atoms with van der Waals surface area (Å²) in [6.45, 7) is 3.74. The van der Waals surface area contributed by atoms with Crippen LogP contribution in [-0.4, -0.2) is 48.9 Å². The Labute approximate surface area is 124 Å². The Morgan fingerprint density at radius 1 is 1.43 bits per heavy atom. The Morgan fingerprint density at radius 3 is 2.48 bits per heavy atom. The van der Waals surface area contributed by atoms with E-state index < -0.39 is 5.60 Å². The number of hydrogen-bond donors (Lipinski definition) is 2. The normalized spacial score (nSPS) is 12.9. The van der Waals surface area contributed by atoms with Gasteiger partial charge in [0.25, 0.3) is 0 Å². The third-order valence-electron chi connectivity index (χ3n) is 2.94. The highest BCUT2D eigenvalue weighted by Gasteiger charge is 2.20. The predicted octanol–water partition coefficient (Wildman–Crippen LogP) is 1.93. The zero-order valence-electron chi connectivity index (χ0n) is 12.9. The second-order valence-corrected chi connectivity index (χ2v) is 5.63. The fourth-order valence-electron chi connectivity index (χ4n) is 1.98. The first kappa shape index (κ1) is 17.4. The van der Waals surface area contributed by atoms with Gasteiger partial charge in [-0.1, -0.05) is 12.1 Å². The minimum atomic E-state index is -0.955. The maximum atomic E-state index is 12.9. The van der Waals surface area contributed by atoms with Crippen molar-refractivity contribution in [2.24, 2.45) is 0 Å². The molecule has 0 radical (unpaired) electrons. The molecule has 2 N–H and O–H groups in total. The van der Waals surface area contributed by atoms with E-state index in [2.05, 4.69) is 5.32 Å². The summed E-state index contributed by atoms with van der Waals surface area (Å²) in [6.07, 6.45) is -0.356. The number of likely N-dealkylation sites (N-methyl/N-ethyl adjacent to an activating group) is 1. The first-order valence-corrected chi connectivity index (χ1v) is 6.72. The molecule has 1 aromatic carbocycles. The maximum absolute atomic E-state index is 12.9. The molecule has 118 valence electrons. The van der Waals surface area contributed by atoms with Gasteiger partial charge in [-0.2, -0.15) is 0 Å². The van der Waals surface area contributed by atoms with Crippen LogP contribution in [0.15, 0.2) is 24.3 Å². The summed E-state index contributed by atoms with van der Waals surface area (Å²) in [4.78, 5) is 13.3. The maximum Gasteiger partial charge on any atom is 0.317 e. The molecule has 5 nitrogen and oxygen atoms in total. The second-order valence-electron chi connectivity index (χ2n) is 5.63. The molecule has 0 saturated carbocycles. The number of hydrogen-bond acceptors (Lipinski definition) is 3. The fraction of sp³-hybridized carbons (Fsp3) is 0.533. The van der Waals surface area contributed by atoms with Crippen molar-refractivity contribution in [3.05, 3.63) is 35.6 Å². The van der Waals surface area contributed by atoms with Gasteiger partial charge in [0.15, 0.2) is 0 Å². The van der Waals surface area contributed by atoms with Crippen molar-refractivity contribution in [3.63, 3.8) is 0 Å². The average molecular weight is 298 g/mol. The molecule has 0 aliphatic heterocycles.